The van der Waals surface area contributed by atoms with E-state index in [4.69, 9.17) is 0 Å². The van der Waals surface area contributed by atoms with E-state index in [9.17, 15) is 0 Å². The molecule has 3 aliphatic carbocycles. The lowest BCUT2D eigenvalue weighted by Crippen LogP contribution is -1.85. The van der Waals surface area contributed by atoms with Gasteiger partial charge in [0, 0.05) is 0 Å². The molecule has 0 N–H and O–H groups in total. The Balaban J connectivity index is -0.0000000222. The standard InChI is InChI=1S/3C4H8.C3H8.9C2H6/c1-4-2-3-4;2*1-2-4-3-1;1-3-2;9*1-2/h4H,2-3H2,1H3;2*1-4H2;3H2,1-2H3;9*1-2H3. The average molecular weight is 483 g/mol. The van der Waals surface area contributed by atoms with Crippen molar-refractivity contribution in [3.8, 4) is 0 Å². The highest BCUT2D eigenvalue weighted by atomic mass is 14.2. The molecule has 3 rings (SSSR count). The van der Waals surface area contributed by atoms with E-state index >= 15 is 0 Å². The first kappa shape index (κ1) is 63.9. The third-order valence-electron chi connectivity index (χ3n) is 2.87. The smallest absolute Gasteiger partial charge is 0.0443 e. The lowest BCUT2D eigenvalue weighted by atomic mass is 10.0. The van der Waals surface area contributed by atoms with E-state index in [2.05, 4.69) is 20.8 Å². The summed E-state index contributed by atoms with van der Waals surface area (Å²) in [5, 5.41) is 0. The molecule has 3 fully saturated rings. The van der Waals surface area contributed by atoms with Gasteiger partial charge >= 0.3 is 0 Å². The highest BCUT2D eigenvalue weighted by Gasteiger charge is 2.12. The molecule has 0 bridgehead atoms. The molecule has 218 valence electrons. The van der Waals surface area contributed by atoms with Crippen LogP contribution in [0.5, 0.6) is 0 Å². The third-order valence-corrected chi connectivity index (χ3v) is 2.87. The van der Waals surface area contributed by atoms with Crippen LogP contribution in [0, 0.1) is 5.92 Å². The van der Waals surface area contributed by atoms with Crippen LogP contribution in [0.3, 0.4) is 0 Å². The molecule has 0 aromatic rings. The van der Waals surface area contributed by atoms with Crippen LogP contribution in [0.4, 0.5) is 0 Å². The normalized spacial score (nSPS) is 11.2. The average Bonchev–Trinajstić information content (AvgIpc) is 3.66. The molecular formula is C33H86. The Kier molecular flexibility index (Phi) is 304. The SMILES string of the molecule is C1CCC1.C1CCC1.CC.CC.CC.CC.CC.CC.CC.CC.CC.CC1CC1.CCC. The molecule has 0 radical (unpaired) electrons. The Labute approximate surface area is 221 Å². The third kappa shape index (κ3) is 238. The molecule has 33 heavy (non-hydrogen) atoms. The van der Waals surface area contributed by atoms with Crippen molar-refractivity contribution < 1.29 is 0 Å². The van der Waals surface area contributed by atoms with Crippen molar-refractivity contribution in [2.24, 2.45) is 5.92 Å². The Morgan fingerprint density at radius 1 is 0.333 bits per heavy atom. The van der Waals surface area contributed by atoms with Gasteiger partial charge in [0.05, 0.1) is 0 Å². The van der Waals surface area contributed by atoms with Crippen molar-refractivity contribution in [2.75, 3.05) is 0 Å². The van der Waals surface area contributed by atoms with Gasteiger partial charge in [-0.1, -0.05) is 216 Å². The summed E-state index contributed by atoms with van der Waals surface area (Å²) in [5.74, 6) is 1.08. The zero-order chi connectivity index (χ0) is 29.4. The molecule has 0 amide bonds. The fraction of sp³-hybridized carbons (Fsp3) is 1.00. The molecule has 0 heteroatoms. The second kappa shape index (κ2) is 157. The van der Waals surface area contributed by atoms with Gasteiger partial charge < -0.3 is 0 Å². The lowest BCUT2D eigenvalue weighted by Gasteiger charge is -2.05. The maximum Gasteiger partial charge on any atom is -0.0443 e. The van der Waals surface area contributed by atoms with E-state index in [1.54, 1.807) is 0 Å². The number of rotatable bonds is 0. The van der Waals surface area contributed by atoms with Crippen LogP contribution in [0.25, 0.3) is 0 Å². The van der Waals surface area contributed by atoms with Crippen molar-refractivity contribution >= 4 is 0 Å². The predicted molar refractivity (Wildman–Crippen MR) is 173 cm³/mol. The van der Waals surface area contributed by atoms with Gasteiger partial charge in [0.15, 0.2) is 0 Å². The van der Waals surface area contributed by atoms with Crippen molar-refractivity contribution in [1.29, 1.82) is 0 Å². The van der Waals surface area contributed by atoms with E-state index in [1.165, 1.54) is 70.6 Å². The van der Waals surface area contributed by atoms with Gasteiger partial charge in [-0.2, -0.15) is 0 Å². The first-order valence-electron chi connectivity index (χ1n) is 16.3. The molecule has 0 aliphatic heterocycles. The Morgan fingerprint density at radius 2 is 0.394 bits per heavy atom. The summed E-state index contributed by atoms with van der Waals surface area (Å²) in [7, 11) is 0. The van der Waals surface area contributed by atoms with Crippen LogP contribution >= 0.6 is 0 Å². The van der Waals surface area contributed by atoms with Gasteiger partial charge in [0.1, 0.15) is 0 Å². The molecule has 0 atom stereocenters. The van der Waals surface area contributed by atoms with Crippen LogP contribution in [-0.2, 0) is 0 Å². The number of hydrogen-bond donors (Lipinski definition) is 0. The minimum Gasteiger partial charge on any atom is -0.0683 e. The van der Waals surface area contributed by atoms with E-state index in [1.807, 2.05) is 125 Å². The van der Waals surface area contributed by atoms with Gasteiger partial charge in [-0.15, -0.1) is 0 Å². The molecule has 0 aromatic carbocycles. The first-order valence-corrected chi connectivity index (χ1v) is 16.3. The van der Waals surface area contributed by atoms with Crippen LogP contribution in [0.1, 0.15) is 216 Å². The van der Waals surface area contributed by atoms with Crippen LogP contribution in [-0.4, -0.2) is 0 Å². The van der Waals surface area contributed by atoms with Gasteiger partial charge in [0.25, 0.3) is 0 Å². The Bertz CT molecular complexity index is 78.6. The zero-order valence-electron chi connectivity index (χ0n) is 29.4. The van der Waals surface area contributed by atoms with E-state index in [0.29, 0.717) is 0 Å². The molecule has 3 saturated carbocycles. The predicted octanol–water partition coefficient (Wildman–Crippen LogP) is 15.2. The molecular weight excluding hydrogens is 396 g/mol. The van der Waals surface area contributed by atoms with Crippen molar-refractivity contribution in [1.82, 2.24) is 0 Å². The van der Waals surface area contributed by atoms with Crippen molar-refractivity contribution in [3.05, 3.63) is 0 Å². The van der Waals surface area contributed by atoms with E-state index < -0.39 is 0 Å². The highest BCUT2D eigenvalue weighted by Crippen LogP contribution is 2.26. The minimum absolute atomic E-state index is 1.08. The fourth-order valence-corrected chi connectivity index (χ4v) is 0.667. The zero-order valence-corrected chi connectivity index (χ0v) is 29.4. The molecule has 3 aliphatic rings. The molecule has 0 aromatic heterocycles. The van der Waals surface area contributed by atoms with Crippen LogP contribution in [0.15, 0.2) is 0 Å². The number of hydrogen-bond acceptors (Lipinski definition) is 0. The molecule has 0 saturated heterocycles. The summed E-state index contributed by atoms with van der Waals surface area (Å²) in [5.41, 5.74) is 0. The molecule has 0 unspecified atom stereocenters. The minimum atomic E-state index is 1.08. The first-order chi connectivity index (χ1) is 16.3. The molecule has 0 heterocycles. The second-order valence-electron chi connectivity index (χ2n) is 5.22. The quantitative estimate of drug-likeness (QED) is 0.322. The summed E-state index contributed by atoms with van der Waals surface area (Å²) in [6.45, 7) is 42.5. The van der Waals surface area contributed by atoms with E-state index in [-0.39, 0.29) is 0 Å². The van der Waals surface area contributed by atoms with Gasteiger partial charge in [-0.25, -0.2) is 0 Å². The largest absolute Gasteiger partial charge is 0.0683 e. The van der Waals surface area contributed by atoms with E-state index in [0.717, 1.165) is 5.92 Å². The second-order valence-corrected chi connectivity index (χ2v) is 5.22. The highest BCUT2D eigenvalue weighted by molar-refractivity contribution is 4.65. The summed E-state index contributed by atoms with van der Waals surface area (Å²) >= 11 is 0. The van der Waals surface area contributed by atoms with Crippen LogP contribution in [0.2, 0.25) is 0 Å². The van der Waals surface area contributed by atoms with Crippen molar-refractivity contribution in [2.45, 2.75) is 216 Å². The lowest BCUT2D eigenvalue weighted by molar-refractivity contribution is 0.504. The monoisotopic (exact) mass is 483 g/mol. The van der Waals surface area contributed by atoms with Gasteiger partial charge in [-0.05, 0) is 5.92 Å². The Morgan fingerprint density at radius 3 is 0.394 bits per heavy atom. The summed E-state index contributed by atoms with van der Waals surface area (Å²) in [4.78, 5) is 0. The maximum atomic E-state index is 2.28. The van der Waals surface area contributed by atoms with Crippen molar-refractivity contribution in [3.63, 3.8) is 0 Å². The Hall–Kier alpha value is 0. The maximum absolute atomic E-state index is 2.28. The summed E-state index contributed by atoms with van der Waals surface area (Å²) in [6.07, 6.45) is 16.2. The van der Waals surface area contributed by atoms with Crippen LogP contribution < -0.4 is 0 Å². The van der Waals surface area contributed by atoms with Gasteiger partial charge in [0.2, 0.25) is 0 Å². The summed E-state index contributed by atoms with van der Waals surface area (Å²) < 4.78 is 0. The summed E-state index contributed by atoms with van der Waals surface area (Å²) in [6, 6.07) is 0. The fourth-order valence-electron chi connectivity index (χ4n) is 0.667. The topological polar surface area (TPSA) is 0 Å². The molecule has 0 spiro atoms. The molecule has 0 nitrogen and oxygen atoms in total. The van der Waals surface area contributed by atoms with Gasteiger partial charge in [-0.3, -0.25) is 0 Å².